The molecule has 1 aliphatic rings. The van der Waals surface area contributed by atoms with Gasteiger partial charge in [0, 0.05) is 12.0 Å². The van der Waals surface area contributed by atoms with Crippen LogP contribution in [0.15, 0.2) is 23.8 Å². The van der Waals surface area contributed by atoms with Crippen LogP contribution in [0.4, 0.5) is 0 Å². The fraction of sp³-hybridized carbons (Fsp3) is 0.286. The van der Waals surface area contributed by atoms with Crippen molar-refractivity contribution in [3.63, 3.8) is 0 Å². The molecule has 0 heterocycles. The lowest BCUT2D eigenvalue weighted by molar-refractivity contribution is -0.133. The van der Waals surface area contributed by atoms with Crippen molar-refractivity contribution in [2.45, 2.75) is 12.1 Å². The fourth-order valence-electron chi connectivity index (χ4n) is 0.901. The third kappa shape index (κ3) is 1.89. The topological polar surface area (TPSA) is 83.5 Å². The number of rotatable bonds is 1. The summed E-state index contributed by atoms with van der Waals surface area (Å²) >= 11 is 0. The van der Waals surface area contributed by atoms with Crippen molar-refractivity contribution >= 4 is 5.97 Å². The van der Waals surface area contributed by atoms with Gasteiger partial charge in [0.1, 0.15) is 5.72 Å². The van der Waals surface area contributed by atoms with Gasteiger partial charge in [-0.25, -0.2) is 4.79 Å². The number of aliphatic hydroxyl groups is 1. The summed E-state index contributed by atoms with van der Waals surface area (Å²) < 4.78 is 0. The third-order valence-electron chi connectivity index (χ3n) is 1.43. The van der Waals surface area contributed by atoms with Crippen molar-refractivity contribution < 1.29 is 15.0 Å². The molecule has 0 fully saturated rings. The maximum Gasteiger partial charge on any atom is 0.331 e. The Morgan fingerprint density at radius 1 is 1.73 bits per heavy atom. The van der Waals surface area contributed by atoms with E-state index in [1.54, 1.807) is 0 Å². The van der Waals surface area contributed by atoms with E-state index in [9.17, 15) is 9.90 Å². The normalized spacial score (nSPS) is 29.8. The zero-order valence-corrected chi connectivity index (χ0v) is 5.82. The van der Waals surface area contributed by atoms with Gasteiger partial charge in [-0.2, -0.15) is 0 Å². The first-order valence-corrected chi connectivity index (χ1v) is 3.14. The Morgan fingerprint density at radius 3 is 2.73 bits per heavy atom. The summed E-state index contributed by atoms with van der Waals surface area (Å²) in [5, 5.41) is 17.7. The molecule has 0 saturated heterocycles. The minimum Gasteiger partial charge on any atom is -0.478 e. The van der Waals surface area contributed by atoms with Crippen LogP contribution >= 0.6 is 0 Å². The summed E-state index contributed by atoms with van der Waals surface area (Å²) in [6, 6.07) is 0. The Morgan fingerprint density at radius 2 is 2.36 bits per heavy atom. The number of carboxylic acid groups (broad SMARTS) is 1. The summed E-state index contributed by atoms with van der Waals surface area (Å²) in [6.45, 7) is 0. The van der Waals surface area contributed by atoms with Crippen molar-refractivity contribution in [1.29, 1.82) is 0 Å². The SMILES string of the molecule is NC1(O)C=CC=C(C(=O)O)C1. The highest BCUT2D eigenvalue weighted by Crippen LogP contribution is 2.17. The molecule has 4 nitrogen and oxygen atoms in total. The molecule has 1 aliphatic carbocycles. The second kappa shape index (κ2) is 2.48. The lowest BCUT2D eigenvalue weighted by Crippen LogP contribution is -2.39. The molecule has 11 heavy (non-hydrogen) atoms. The summed E-state index contributed by atoms with van der Waals surface area (Å²) in [6.07, 6.45) is 4.18. The maximum atomic E-state index is 10.4. The predicted octanol–water partition coefficient (Wildman–Crippen LogP) is -0.395. The van der Waals surface area contributed by atoms with Gasteiger partial charge in [-0.05, 0) is 6.08 Å². The van der Waals surface area contributed by atoms with Gasteiger partial charge in [-0.15, -0.1) is 0 Å². The number of aliphatic carboxylic acids is 1. The van der Waals surface area contributed by atoms with Gasteiger partial charge in [0.25, 0.3) is 0 Å². The fourth-order valence-corrected chi connectivity index (χ4v) is 0.901. The average molecular weight is 155 g/mol. The molecular weight excluding hydrogens is 146 g/mol. The van der Waals surface area contributed by atoms with E-state index in [-0.39, 0.29) is 12.0 Å². The Kier molecular flexibility index (Phi) is 1.80. The highest BCUT2D eigenvalue weighted by Gasteiger charge is 2.24. The van der Waals surface area contributed by atoms with E-state index in [4.69, 9.17) is 10.8 Å². The standard InChI is InChI=1S/C7H9NO3/c8-7(11)3-1-2-5(4-7)6(9)10/h1-3,11H,4,8H2,(H,9,10). The van der Waals surface area contributed by atoms with E-state index in [0.717, 1.165) is 0 Å². The molecule has 60 valence electrons. The van der Waals surface area contributed by atoms with Crippen molar-refractivity contribution in [2.75, 3.05) is 0 Å². The van der Waals surface area contributed by atoms with Crippen molar-refractivity contribution in [2.24, 2.45) is 5.73 Å². The Labute approximate surface area is 63.6 Å². The summed E-state index contributed by atoms with van der Waals surface area (Å²) in [4.78, 5) is 10.4. The molecule has 4 heteroatoms. The molecule has 0 aromatic heterocycles. The van der Waals surface area contributed by atoms with Crippen LogP contribution in [-0.2, 0) is 4.79 Å². The Bertz CT molecular complexity index is 240. The second-order valence-corrected chi connectivity index (χ2v) is 2.52. The van der Waals surface area contributed by atoms with E-state index in [0.29, 0.717) is 0 Å². The van der Waals surface area contributed by atoms with Crippen molar-refractivity contribution in [3.05, 3.63) is 23.8 Å². The van der Waals surface area contributed by atoms with Crippen LogP contribution in [0, 0.1) is 0 Å². The minimum absolute atomic E-state index is 0.0428. The summed E-state index contributed by atoms with van der Waals surface area (Å²) in [7, 11) is 0. The molecule has 0 radical (unpaired) electrons. The maximum absolute atomic E-state index is 10.4. The first-order chi connectivity index (χ1) is 5.01. The van der Waals surface area contributed by atoms with Crippen LogP contribution in [0.5, 0.6) is 0 Å². The first kappa shape index (κ1) is 7.97. The van der Waals surface area contributed by atoms with Gasteiger partial charge in [0.2, 0.25) is 0 Å². The largest absolute Gasteiger partial charge is 0.478 e. The van der Waals surface area contributed by atoms with E-state index < -0.39 is 11.7 Å². The number of carboxylic acids is 1. The number of hydrogen-bond donors (Lipinski definition) is 3. The highest BCUT2D eigenvalue weighted by atomic mass is 16.4. The number of allylic oxidation sites excluding steroid dienone is 2. The Hall–Kier alpha value is -1.13. The van der Waals surface area contributed by atoms with E-state index >= 15 is 0 Å². The number of carbonyl (C=O) groups is 1. The van der Waals surface area contributed by atoms with E-state index in [1.807, 2.05) is 0 Å². The second-order valence-electron chi connectivity index (χ2n) is 2.52. The van der Waals surface area contributed by atoms with Crippen LogP contribution in [0.3, 0.4) is 0 Å². The lowest BCUT2D eigenvalue weighted by atomic mass is 9.98. The monoisotopic (exact) mass is 155 g/mol. The molecule has 0 aromatic carbocycles. The van der Waals surface area contributed by atoms with Crippen molar-refractivity contribution in [1.82, 2.24) is 0 Å². The summed E-state index contributed by atoms with van der Waals surface area (Å²) in [5.41, 5.74) is 3.90. The predicted molar refractivity (Wildman–Crippen MR) is 38.6 cm³/mol. The van der Waals surface area contributed by atoms with Gasteiger partial charge < -0.3 is 15.9 Å². The lowest BCUT2D eigenvalue weighted by Gasteiger charge is -2.21. The molecule has 0 aliphatic heterocycles. The zero-order chi connectivity index (χ0) is 8.48. The smallest absolute Gasteiger partial charge is 0.331 e. The number of hydrogen-bond acceptors (Lipinski definition) is 3. The van der Waals surface area contributed by atoms with E-state index in [2.05, 4.69) is 0 Å². The van der Waals surface area contributed by atoms with E-state index in [1.165, 1.54) is 18.2 Å². The van der Waals surface area contributed by atoms with Crippen LogP contribution in [0.25, 0.3) is 0 Å². The van der Waals surface area contributed by atoms with Crippen LogP contribution < -0.4 is 5.73 Å². The summed E-state index contributed by atoms with van der Waals surface area (Å²) in [5.74, 6) is -1.04. The first-order valence-electron chi connectivity index (χ1n) is 3.14. The van der Waals surface area contributed by atoms with Crippen LogP contribution in [-0.4, -0.2) is 21.9 Å². The van der Waals surface area contributed by atoms with Crippen LogP contribution in [0.1, 0.15) is 6.42 Å². The molecule has 0 aromatic rings. The molecule has 1 unspecified atom stereocenters. The quantitative estimate of drug-likeness (QED) is 0.450. The molecule has 0 spiro atoms. The zero-order valence-electron chi connectivity index (χ0n) is 5.82. The van der Waals surface area contributed by atoms with Gasteiger partial charge in [-0.1, -0.05) is 12.2 Å². The highest BCUT2D eigenvalue weighted by molar-refractivity contribution is 5.87. The number of nitrogens with two attached hydrogens (primary N) is 1. The molecule has 4 N–H and O–H groups in total. The van der Waals surface area contributed by atoms with Gasteiger partial charge in [0.05, 0.1) is 0 Å². The minimum atomic E-state index is -1.50. The molecule has 1 rings (SSSR count). The van der Waals surface area contributed by atoms with Crippen LogP contribution in [0.2, 0.25) is 0 Å². The molecule has 1 atom stereocenters. The average Bonchev–Trinajstić information content (AvgIpc) is 1.85. The van der Waals surface area contributed by atoms with Gasteiger partial charge >= 0.3 is 5.97 Å². The molecular formula is C7H9NO3. The molecule has 0 amide bonds. The molecule has 0 bridgehead atoms. The van der Waals surface area contributed by atoms with Crippen molar-refractivity contribution in [3.8, 4) is 0 Å². The third-order valence-corrected chi connectivity index (χ3v) is 1.43. The molecule has 0 saturated carbocycles. The van der Waals surface area contributed by atoms with Gasteiger partial charge in [0.15, 0.2) is 0 Å². The Balaban J connectivity index is 2.81. The van der Waals surface area contributed by atoms with Gasteiger partial charge in [-0.3, -0.25) is 0 Å².